The molecule has 2 heterocycles. The molecule has 4 saturated carbocycles. The molecule has 4 nitrogen and oxygen atoms in total. The minimum Gasteiger partial charge on any atom is -0.353 e. The van der Waals surface area contributed by atoms with Crippen molar-refractivity contribution in [2.45, 2.75) is 57.9 Å². The molecule has 1 unspecified atom stereocenters. The highest BCUT2D eigenvalue weighted by Gasteiger charge is 2.53. The maximum atomic E-state index is 12.6. The normalized spacial score (nSPS) is 35.5. The molecule has 0 spiro atoms. The number of carbonyl (C=O) groups is 1. The number of hydrogen-bond acceptors (Lipinski definition) is 3. The summed E-state index contributed by atoms with van der Waals surface area (Å²) >= 11 is 1.61. The van der Waals surface area contributed by atoms with Gasteiger partial charge in [0.1, 0.15) is 0 Å². The first kappa shape index (κ1) is 14.9. The van der Waals surface area contributed by atoms with E-state index in [-0.39, 0.29) is 5.91 Å². The number of amides is 1. The quantitative estimate of drug-likeness (QED) is 0.921. The van der Waals surface area contributed by atoms with Crippen LogP contribution in [0, 0.1) is 23.2 Å². The third kappa shape index (κ3) is 2.40. The van der Waals surface area contributed by atoms with Crippen molar-refractivity contribution < 1.29 is 4.79 Å². The topological polar surface area (TPSA) is 46.4 Å². The molecular formula is C19H25N3OS. The second kappa shape index (κ2) is 5.32. The number of thiazole rings is 1. The highest BCUT2D eigenvalue weighted by Crippen LogP contribution is 2.61. The molecule has 0 aromatic carbocycles. The summed E-state index contributed by atoms with van der Waals surface area (Å²) in [6.45, 7) is 2.25. The lowest BCUT2D eigenvalue weighted by Crippen LogP contribution is -2.56. The zero-order chi connectivity index (χ0) is 16.3. The molecule has 4 aliphatic carbocycles. The van der Waals surface area contributed by atoms with Gasteiger partial charge >= 0.3 is 0 Å². The molecule has 0 radical (unpaired) electrons. The number of nitrogens with one attached hydrogen (secondary N) is 1. The molecule has 1 amide bonds. The monoisotopic (exact) mass is 343 g/mol. The van der Waals surface area contributed by atoms with Crippen LogP contribution >= 0.6 is 11.3 Å². The highest BCUT2D eigenvalue weighted by atomic mass is 32.1. The molecule has 0 aliphatic heterocycles. The SMILES string of the molecule is CC(NC(=O)Cc1cn2ccsc2n1)C12CC3CC(CC(C3)C1)C2. The number of fused-ring (bicyclic) bond motifs is 1. The molecule has 2 aromatic heterocycles. The third-order valence-electron chi connectivity index (χ3n) is 6.87. The summed E-state index contributed by atoms with van der Waals surface area (Å²) < 4.78 is 2.00. The van der Waals surface area contributed by atoms with Gasteiger partial charge in [0.05, 0.1) is 12.1 Å². The number of rotatable bonds is 4. The summed E-state index contributed by atoms with van der Waals surface area (Å²) in [5.74, 6) is 2.91. The molecular weight excluding hydrogens is 318 g/mol. The Morgan fingerprint density at radius 3 is 2.62 bits per heavy atom. The van der Waals surface area contributed by atoms with Crippen molar-refractivity contribution in [1.29, 1.82) is 0 Å². The predicted octanol–water partition coefficient (Wildman–Crippen LogP) is 3.66. The van der Waals surface area contributed by atoms with Gasteiger partial charge in [-0.15, -0.1) is 11.3 Å². The van der Waals surface area contributed by atoms with Crippen LogP contribution in [-0.4, -0.2) is 21.3 Å². The van der Waals surface area contributed by atoms with Crippen LogP contribution in [0.3, 0.4) is 0 Å². The van der Waals surface area contributed by atoms with Crippen LogP contribution in [0.5, 0.6) is 0 Å². The Bertz CT molecular complexity index is 713. The van der Waals surface area contributed by atoms with Crippen LogP contribution in [-0.2, 0) is 11.2 Å². The van der Waals surface area contributed by atoms with Crippen LogP contribution in [0.4, 0.5) is 0 Å². The van der Waals surface area contributed by atoms with E-state index in [0.29, 0.717) is 17.9 Å². The maximum absolute atomic E-state index is 12.6. The van der Waals surface area contributed by atoms with Gasteiger partial charge in [0.15, 0.2) is 4.96 Å². The van der Waals surface area contributed by atoms with Gasteiger partial charge in [-0.2, -0.15) is 0 Å². The van der Waals surface area contributed by atoms with E-state index in [1.807, 2.05) is 22.2 Å². The van der Waals surface area contributed by atoms with E-state index in [1.165, 1.54) is 38.5 Å². The molecule has 1 N–H and O–H groups in total. The van der Waals surface area contributed by atoms with Crippen molar-refractivity contribution in [2.75, 3.05) is 0 Å². The second-order valence-electron chi connectivity index (χ2n) is 8.57. The highest BCUT2D eigenvalue weighted by molar-refractivity contribution is 7.15. The standard InChI is InChI=1S/C19H25N3OS/c1-12(19-8-13-4-14(9-19)6-15(5-13)10-19)20-17(23)7-16-11-22-2-3-24-18(22)21-16/h2-3,11-15H,4-10H2,1H3,(H,20,23). The molecule has 4 fully saturated rings. The van der Waals surface area contributed by atoms with E-state index in [4.69, 9.17) is 0 Å². The first-order valence-corrected chi connectivity index (χ1v) is 10.2. The number of aromatic nitrogens is 2. The molecule has 128 valence electrons. The van der Waals surface area contributed by atoms with Gasteiger partial charge in [-0.1, -0.05) is 0 Å². The van der Waals surface area contributed by atoms with Crippen LogP contribution in [0.1, 0.15) is 51.1 Å². The van der Waals surface area contributed by atoms with E-state index in [2.05, 4.69) is 17.2 Å². The minimum atomic E-state index is 0.129. The lowest BCUT2D eigenvalue weighted by molar-refractivity contribution is -0.125. The number of nitrogens with zero attached hydrogens (tertiary/aromatic N) is 2. The number of hydrogen-bond donors (Lipinski definition) is 1. The largest absolute Gasteiger partial charge is 0.353 e. The summed E-state index contributed by atoms with van der Waals surface area (Å²) in [7, 11) is 0. The van der Waals surface area contributed by atoms with Crippen molar-refractivity contribution >= 4 is 22.2 Å². The van der Waals surface area contributed by atoms with Gasteiger partial charge < -0.3 is 5.32 Å². The Hall–Kier alpha value is -1.36. The fraction of sp³-hybridized carbons (Fsp3) is 0.684. The van der Waals surface area contributed by atoms with Gasteiger partial charge in [0.25, 0.3) is 0 Å². The summed E-state index contributed by atoms with van der Waals surface area (Å²) in [6, 6.07) is 0.294. The van der Waals surface area contributed by atoms with Crippen molar-refractivity contribution in [3.05, 3.63) is 23.5 Å². The molecule has 1 atom stereocenters. The minimum absolute atomic E-state index is 0.129. The summed E-state index contributed by atoms with van der Waals surface area (Å²) in [5, 5.41) is 5.35. The van der Waals surface area contributed by atoms with E-state index >= 15 is 0 Å². The summed E-state index contributed by atoms with van der Waals surface area (Å²) in [5.41, 5.74) is 1.25. The molecule has 4 bridgehead atoms. The average Bonchev–Trinajstić information content (AvgIpc) is 3.06. The second-order valence-corrected chi connectivity index (χ2v) is 9.44. The Morgan fingerprint density at radius 2 is 2.00 bits per heavy atom. The fourth-order valence-corrected chi connectivity index (χ4v) is 6.90. The van der Waals surface area contributed by atoms with E-state index in [1.54, 1.807) is 11.3 Å². The lowest BCUT2D eigenvalue weighted by atomic mass is 9.48. The van der Waals surface area contributed by atoms with Gasteiger partial charge in [-0.3, -0.25) is 9.20 Å². The number of imidazole rings is 1. The molecule has 0 saturated heterocycles. The smallest absolute Gasteiger partial charge is 0.226 e. The lowest BCUT2D eigenvalue weighted by Gasteiger charge is -2.59. The van der Waals surface area contributed by atoms with Gasteiger partial charge in [0, 0.05) is 23.8 Å². The molecule has 6 rings (SSSR count). The number of carbonyl (C=O) groups excluding carboxylic acids is 1. The predicted molar refractivity (Wildman–Crippen MR) is 95.0 cm³/mol. The Labute approximate surface area is 146 Å². The van der Waals surface area contributed by atoms with Crippen LogP contribution in [0.25, 0.3) is 4.96 Å². The molecule has 24 heavy (non-hydrogen) atoms. The zero-order valence-electron chi connectivity index (χ0n) is 14.2. The molecule has 5 heteroatoms. The molecule has 2 aromatic rings. The van der Waals surface area contributed by atoms with Crippen LogP contribution in [0.2, 0.25) is 0 Å². The van der Waals surface area contributed by atoms with Crippen LogP contribution in [0.15, 0.2) is 17.8 Å². The van der Waals surface area contributed by atoms with Crippen molar-refractivity contribution in [2.24, 2.45) is 23.2 Å². The Balaban J connectivity index is 1.27. The average molecular weight is 343 g/mol. The fourth-order valence-electron chi connectivity index (χ4n) is 6.18. The van der Waals surface area contributed by atoms with Gasteiger partial charge in [-0.05, 0) is 68.6 Å². The van der Waals surface area contributed by atoms with E-state index < -0.39 is 0 Å². The van der Waals surface area contributed by atoms with Crippen molar-refractivity contribution in [3.8, 4) is 0 Å². The Kier molecular flexibility index (Phi) is 3.31. The van der Waals surface area contributed by atoms with Crippen molar-refractivity contribution in [1.82, 2.24) is 14.7 Å². The van der Waals surface area contributed by atoms with Gasteiger partial charge in [0.2, 0.25) is 5.91 Å². The first-order chi connectivity index (χ1) is 11.6. The Morgan fingerprint density at radius 1 is 1.33 bits per heavy atom. The van der Waals surface area contributed by atoms with Crippen LogP contribution < -0.4 is 5.32 Å². The summed E-state index contributed by atoms with van der Waals surface area (Å²) in [6.07, 6.45) is 12.7. The third-order valence-corrected chi connectivity index (χ3v) is 7.64. The maximum Gasteiger partial charge on any atom is 0.226 e. The zero-order valence-corrected chi connectivity index (χ0v) is 15.0. The van der Waals surface area contributed by atoms with E-state index in [0.717, 1.165) is 28.4 Å². The first-order valence-electron chi connectivity index (χ1n) is 9.30. The summed E-state index contributed by atoms with van der Waals surface area (Å²) in [4.78, 5) is 18.1. The van der Waals surface area contributed by atoms with Gasteiger partial charge in [-0.25, -0.2) is 4.98 Å². The van der Waals surface area contributed by atoms with E-state index in [9.17, 15) is 4.79 Å². The molecule has 4 aliphatic rings. The van der Waals surface area contributed by atoms with Crippen molar-refractivity contribution in [3.63, 3.8) is 0 Å².